The Balaban J connectivity index is 1.31. The maximum atomic E-state index is 12.5. The van der Waals surface area contributed by atoms with Gasteiger partial charge >= 0.3 is 5.97 Å². The molecule has 3 saturated heterocycles. The molecule has 9 nitrogen and oxygen atoms in total. The number of carboxylic acid groups (broad SMARTS) is 1. The van der Waals surface area contributed by atoms with E-state index in [-0.39, 0.29) is 40.8 Å². The molecule has 0 aromatic heterocycles. The van der Waals surface area contributed by atoms with Crippen molar-refractivity contribution in [3.63, 3.8) is 0 Å². The Morgan fingerprint density at radius 3 is 2.55 bits per heavy atom. The van der Waals surface area contributed by atoms with E-state index in [4.69, 9.17) is 0 Å². The molecule has 4 aliphatic heterocycles. The average molecular weight is 499 g/mol. The van der Waals surface area contributed by atoms with Crippen LogP contribution in [0.1, 0.15) is 26.7 Å². The second kappa shape index (κ2) is 9.77. The molecule has 0 aromatic carbocycles. The number of likely N-dealkylation sites (N-methyl/N-ethyl adjacent to an activating group) is 1. The van der Waals surface area contributed by atoms with Crippen molar-refractivity contribution in [1.29, 1.82) is 0 Å². The van der Waals surface area contributed by atoms with Gasteiger partial charge in [0.25, 0.3) is 0 Å². The molecule has 2 amide bonds. The number of thioether (sulfide) groups is 2. The van der Waals surface area contributed by atoms with E-state index < -0.39 is 18.0 Å². The molecule has 184 valence electrons. The molecular weight excluding hydrogens is 464 g/mol. The number of β-lactam (4-membered cyclic amide) rings is 1. The predicted octanol–water partition coefficient (Wildman–Crippen LogP) is 0.156. The summed E-state index contributed by atoms with van der Waals surface area (Å²) in [4.78, 5) is 40.4. The van der Waals surface area contributed by atoms with E-state index in [0.29, 0.717) is 11.3 Å². The van der Waals surface area contributed by atoms with Crippen LogP contribution in [0.2, 0.25) is 0 Å². The average Bonchev–Trinajstić information content (AvgIpc) is 3.44. The van der Waals surface area contributed by atoms with Crippen molar-refractivity contribution in [2.75, 3.05) is 32.9 Å². The van der Waals surface area contributed by atoms with Crippen LogP contribution in [0.25, 0.3) is 0 Å². The van der Waals surface area contributed by atoms with Gasteiger partial charge in [0.1, 0.15) is 5.70 Å². The number of aliphatic hydroxyl groups is 1. The molecule has 0 radical (unpaired) electrons. The van der Waals surface area contributed by atoms with Gasteiger partial charge in [-0.25, -0.2) is 4.79 Å². The number of hydrogen-bond donors (Lipinski definition) is 4. The van der Waals surface area contributed by atoms with E-state index in [1.165, 1.54) is 4.90 Å². The van der Waals surface area contributed by atoms with Crippen molar-refractivity contribution in [3.8, 4) is 0 Å². The number of carbonyl (C=O) groups is 3. The van der Waals surface area contributed by atoms with Crippen molar-refractivity contribution in [2.24, 2.45) is 11.8 Å². The molecule has 0 aromatic rings. The summed E-state index contributed by atoms with van der Waals surface area (Å²) in [5.74, 6) is -0.904. The molecule has 4 aliphatic rings. The molecule has 0 bridgehead atoms. The quantitative estimate of drug-likeness (QED) is 0.347. The van der Waals surface area contributed by atoms with Crippen LogP contribution in [-0.4, -0.2) is 105 Å². The van der Waals surface area contributed by atoms with Crippen LogP contribution in [0, 0.1) is 11.8 Å². The van der Waals surface area contributed by atoms with E-state index >= 15 is 0 Å². The zero-order chi connectivity index (χ0) is 24.0. The Labute approximate surface area is 203 Å². The van der Waals surface area contributed by atoms with Gasteiger partial charge in [-0.3, -0.25) is 9.59 Å². The van der Waals surface area contributed by atoms with Crippen LogP contribution in [0.5, 0.6) is 0 Å². The summed E-state index contributed by atoms with van der Waals surface area (Å²) < 4.78 is 0. The molecule has 0 aliphatic carbocycles. The first-order valence-electron chi connectivity index (χ1n) is 11.5. The topological polar surface area (TPSA) is 122 Å². The second-order valence-corrected chi connectivity index (χ2v) is 12.4. The summed E-state index contributed by atoms with van der Waals surface area (Å²) >= 11 is 3.47. The van der Waals surface area contributed by atoms with Crippen LogP contribution in [0.15, 0.2) is 10.6 Å². The lowest BCUT2D eigenvalue weighted by Crippen LogP contribution is -2.63. The van der Waals surface area contributed by atoms with Crippen LogP contribution in [-0.2, 0) is 14.4 Å². The monoisotopic (exact) mass is 498 g/mol. The molecular formula is C22H34N4O5S2. The number of hydrogen-bond acceptors (Lipinski definition) is 8. The maximum Gasteiger partial charge on any atom is 0.353 e. The fourth-order valence-electron chi connectivity index (χ4n) is 5.44. The number of carboxylic acids is 1. The third-order valence-electron chi connectivity index (χ3n) is 7.15. The number of rotatable bonds is 8. The third-order valence-corrected chi connectivity index (χ3v) is 10.1. The molecule has 3 fully saturated rings. The normalized spacial score (nSPS) is 36.7. The maximum absolute atomic E-state index is 12.5. The highest BCUT2D eigenvalue weighted by molar-refractivity contribution is 8.03. The Morgan fingerprint density at radius 2 is 1.91 bits per heavy atom. The van der Waals surface area contributed by atoms with Gasteiger partial charge in [0, 0.05) is 60.3 Å². The van der Waals surface area contributed by atoms with Gasteiger partial charge in [-0.2, -0.15) is 11.8 Å². The van der Waals surface area contributed by atoms with Gasteiger partial charge in [0.2, 0.25) is 11.8 Å². The van der Waals surface area contributed by atoms with Crippen LogP contribution < -0.4 is 10.6 Å². The van der Waals surface area contributed by atoms with Gasteiger partial charge in [0.15, 0.2) is 0 Å². The molecule has 0 spiro atoms. The first-order valence-corrected chi connectivity index (χ1v) is 13.5. The van der Waals surface area contributed by atoms with Crippen molar-refractivity contribution in [3.05, 3.63) is 10.6 Å². The zero-order valence-corrected chi connectivity index (χ0v) is 21.1. The Bertz CT molecular complexity index is 851. The summed E-state index contributed by atoms with van der Waals surface area (Å²) in [7, 11) is 3.56. The Morgan fingerprint density at radius 1 is 1.21 bits per heavy atom. The lowest BCUT2D eigenvalue weighted by atomic mass is 9.79. The fraction of sp³-hybridized carbons (Fsp3) is 0.773. The first kappa shape index (κ1) is 24.8. The van der Waals surface area contributed by atoms with E-state index in [1.54, 1.807) is 37.7 Å². The van der Waals surface area contributed by atoms with Crippen LogP contribution in [0.3, 0.4) is 0 Å². The first-order chi connectivity index (χ1) is 15.6. The highest BCUT2D eigenvalue weighted by atomic mass is 32.2. The number of fused-ring (bicyclic) bond motifs is 1. The molecule has 4 rings (SSSR count). The van der Waals surface area contributed by atoms with Crippen molar-refractivity contribution >= 4 is 41.3 Å². The summed E-state index contributed by atoms with van der Waals surface area (Å²) in [5.41, 5.74) is 0.103. The van der Waals surface area contributed by atoms with Gasteiger partial charge in [-0.1, -0.05) is 6.92 Å². The molecule has 33 heavy (non-hydrogen) atoms. The standard InChI is InChI=1S/C22H34N4O5S2/c1-10-17-16(11(2)27)21(29)26(17)18(22(30)31)19(10)33-14-5-12(23-8-14)9-32-13-6-15(24-7-13)20(28)25(3)4/h10-17,23-24,27H,5-9H2,1-4H3,(H,30,31)/t10-,11-,12+,13?,14+,15+,16-,17?/m1/s1. The lowest BCUT2D eigenvalue weighted by molar-refractivity contribution is -0.163. The van der Waals surface area contributed by atoms with Crippen molar-refractivity contribution in [2.45, 2.75) is 61.4 Å². The SMILES string of the molecule is C[C@H]1C(S[C@@H]2CN[C@H](CSC3CN[C@H](C(=O)N(C)C)C3)C2)=C(C(=O)O)N2C(=O)[C@H]([C@@H](C)O)C12. The minimum atomic E-state index is -1.07. The number of aliphatic carboxylic acids is 1. The highest BCUT2D eigenvalue weighted by Crippen LogP contribution is 2.51. The van der Waals surface area contributed by atoms with Gasteiger partial charge in [-0.15, -0.1) is 11.8 Å². The van der Waals surface area contributed by atoms with Gasteiger partial charge < -0.3 is 30.6 Å². The fourth-order valence-corrected chi connectivity index (χ4v) is 8.26. The molecule has 11 heteroatoms. The Kier molecular flexibility index (Phi) is 7.35. The summed E-state index contributed by atoms with van der Waals surface area (Å²) in [6, 6.07) is -0.0221. The number of carbonyl (C=O) groups excluding carboxylic acids is 2. The van der Waals surface area contributed by atoms with E-state index in [0.717, 1.165) is 36.6 Å². The van der Waals surface area contributed by atoms with Crippen LogP contribution in [0.4, 0.5) is 0 Å². The predicted molar refractivity (Wildman–Crippen MR) is 129 cm³/mol. The van der Waals surface area contributed by atoms with E-state index in [2.05, 4.69) is 10.6 Å². The van der Waals surface area contributed by atoms with E-state index in [1.807, 2.05) is 18.7 Å². The lowest BCUT2D eigenvalue weighted by Gasteiger charge is -2.46. The van der Waals surface area contributed by atoms with Crippen LogP contribution >= 0.6 is 23.5 Å². The summed E-state index contributed by atoms with van der Waals surface area (Å²) in [5, 5.41) is 27.4. The second-order valence-electron chi connectivity index (χ2n) is 9.74. The molecule has 4 N–H and O–H groups in total. The number of nitrogens with zero attached hydrogens (tertiary/aromatic N) is 2. The number of aliphatic hydroxyl groups excluding tert-OH is 1. The number of nitrogens with one attached hydrogen (secondary N) is 2. The molecule has 0 saturated carbocycles. The van der Waals surface area contributed by atoms with E-state index in [9.17, 15) is 24.6 Å². The zero-order valence-electron chi connectivity index (χ0n) is 19.5. The number of amides is 2. The van der Waals surface area contributed by atoms with Crippen molar-refractivity contribution in [1.82, 2.24) is 20.4 Å². The minimum absolute atomic E-state index is 0.0949. The molecule has 2 unspecified atom stereocenters. The third kappa shape index (κ3) is 4.67. The van der Waals surface area contributed by atoms with Crippen molar-refractivity contribution < 1.29 is 24.6 Å². The van der Waals surface area contributed by atoms with Gasteiger partial charge in [0.05, 0.1) is 24.1 Å². The Hall–Kier alpha value is -1.27. The van der Waals surface area contributed by atoms with Gasteiger partial charge in [-0.05, 0) is 19.8 Å². The summed E-state index contributed by atoms with van der Waals surface area (Å²) in [6.45, 7) is 5.19. The largest absolute Gasteiger partial charge is 0.477 e. The smallest absolute Gasteiger partial charge is 0.353 e. The highest BCUT2D eigenvalue weighted by Gasteiger charge is 2.60. The minimum Gasteiger partial charge on any atom is -0.477 e. The molecule has 8 atom stereocenters. The molecule has 4 heterocycles. The summed E-state index contributed by atoms with van der Waals surface area (Å²) in [6.07, 6.45) is 0.988.